The summed E-state index contributed by atoms with van der Waals surface area (Å²) in [5, 5.41) is 6.79. The van der Waals surface area contributed by atoms with E-state index in [-0.39, 0.29) is 6.03 Å². The van der Waals surface area contributed by atoms with Crippen molar-refractivity contribution in [3.05, 3.63) is 53.4 Å². The molecule has 142 valence electrons. The number of fused-ring (bicyclic) bond motifs is 1. The first kappa shape index (κ1) is 18.8. The lowest BCUT2D eigenvalue weighted by Gasteiger charge is -2.09. The van der Waals surface area contributed by atoms with Crippen LogP contribution in [0.5, 0.6) is 11.5 Å². The molecular formula is C19H21ClN4O3. The molecule has 2 amide bonds. The van der Waals surface area contributed by atoms with Crippen molar-refractivity contribution >= 4 is 28.5 Å². The van der Waals surface area contributed by atoms with Crippen LogP contribution >= 0.6 is 11.6 Å². The van der Waals surface area contributed by atoms with Gasteiger partial charge in [-0.2, -0.15) is 0 Å². The number of amides is 2. The Bertz CT molecular complexity index is 913. The first-order valence-corrected chi connectivity index (χ1v) is 8.96. The van der Waals surface area contributed by atoms with Gasteiger partial charge in [-0.1, -0.05) is 11.6 Å². The summed E-state index contributed by atoms with van der Waals surface area (Å²) in [6.07, 6.45) is 4.28. The molecule has 0 radical (unpaired) electrons. The summed E-state index contributed by atoms with van der Waals surface area (Å²) < 4.78 is 11.4. The predicted octanol–water partition coefficient (Wildman–Crippen LogP) is 3.15. The maximum Gasteiger partial charge on any atom is 0.314 e. The van der Waals surface area contributed by atoms with Gasteiger partial charge in [-0.15, -0.1) is 0 Å². The molecule has 0 saturated heterocycles. The third kappa shape index (κ3) is 5.27. The first-order valence-electron chi connectivity index (χ1n) is 8.58. The number of nitrogens with one attached hydrogen (secondary N) is 3. The van der Waals surface area contributed by atoms with E-state index in [0.29, 0.717) is 30.7 Å². The van der Waals surface area contributed by atoms with E-state index in [1.807, 2.05) is 24.4 Å². The van der Waals surface area contributed by atoms with Crippen molar-refractivity contribution < 1.29 is 14.3 Å². The standard InChI is InChI=1S/C19H21ClN4O3/c1-21-19(25)23-6-4-13-12-24-17-3-2-14(10-16(13)17)26-8-9-27-15-5-7-22-18(20)11-15/h2-3,5,7,10-12,24H,4,6,8-9H2,1H3,(H2,21,23,25). The SMILES string of the molecule is CNC(=O)NCCc1c[nH]c2ccc(OCCOc3ccnc(Cl)c3)cc12. The molecule has 0 saturated carbocycles. The average molecular weight is 389 g/mol. The molecule has 0 atom stereocenters. The lowest BCUT2D eigenvalue weighted by molar-refractivity contribution is 0.217. The normalized spacial score (nSPS) is 10.6. The topological polar surface area (TPSA) is 88.3 Å². The predicted molar refractivity (Wildman–Crippen MR) is 105 cm³/mol. The van der Waals surface area contributed by atoms with E-state index < -0.39 is 0 Å². The van der Waals surface area contributed by atoms with Crippen molar-refractivity contribution in [2.75, 3.05) is 26.8 Å². The van der Waals surface area contributed by atoms with Gasteiger partial charge >= 0.3 is 6.03 Å². The molecule has 0 fully saturated rings. The highest BCUT2D eigenvalue weighted by Crippen LogP contribution is 2.24. The average Bonchev–Trinajstić information content (AvgIpc) is 3.07. The number of nitrogens with zero attached hydrogens (tertiary/aromatic N) is 1. The third-order valence-electron chi connectivity index (χ3n) is 3.96. The number of ether oxygens (including phenoxy) is 2. The van der Waals surface area contributed by atoms with E-state index in [4.69, 9.17) is 21.1 Å². The number of H-pyrrole nitrogens is 1. The molecule has 3 N–H and O–H groups in total. The number of hydrogen-bond acceptors (Lipinski definition) is 4. The Morgan fingerprint density at radius 1 is 1.19 bits per heavy atom. The Hall–Kier alpha value is -2.93. The van der Waals surface area contributed by atoms with Crippen LogP contribution in [0, 0.1) is 0 Å². The van der Waals surface area contributed by atoms with Gasteiger partial charge in [-0.05, 0) is 36.2 Å². The van der Waals surface area contributed by atoms with Crippen LogP contribution in [0.15, 0.2) is 42.7 Å². The quantitative estimate of drug-likeness (QED) is 0.408. The van der Waals surface area contributed by atoms with Crippen LogP contribution in [-0.2, 0) is 6.42 Å². The number of aromatic nitrogens is 2. The van der Waals surface area contributed by atoms with Gasteiger partial charge in [0.05, 0.1) is 0 Å². The maximum absolute atomic E-state index is 11.3. The summed E-state index contributed by atoms with van der Waals surface area (Å²) in [7, 11) is 1.59. The Balaban J connectivity index is 1.54. The fourth-order valence-corrected chi connectivity index (χ4v) is 2.81. The van der Waals surface area contributed by atoms with Crippen LogP contribution in [0.3, 0.4) is 0 Å². The molecule has 7 nitrogen and oxygen atoms in total. The summed E-state index contributed by atoms with van der Waals surface area (Å²) in [6.45, 7) is 1.36. The zero-order chi connectivity index (χ0) is 19.1. The summed E-state index contributed by atoms with van der Waals surface area (Å²) in [5.74, 6) is 1.42. The second-order valence-corrected chi connectivity index (χ2v) is 6.18. The molecule has 2 aromatic heterocycles. The fourth-order valence-electron chi connectivity index (χ4n) is 2.65. The molecule has 0 bridgehead atoms. The molecule has 0 aliphatic carbocycles. The van der Waals surface area contributed by atoms with Gasteiger partial charge in [0.1, 0.15) is 29.9 Å². The summed E-state index contributed by atoms with van der Waals surface area (Å²) in [6, 6.07) is 9.10. The number of rotatable bonds is 8. The highest BCUT2D eigenvalue weighted by molar-refractivity contribution is 6.29. The monoisotopic (exact) mass is 388 g/mol. The van der Waals surface area contributed by atoms with Crippen LogP contribution in [0.25, 0.3) is 10.9 Å². The van der Waals surface area contributed by atoms with E-state index in [9.17, 15) is 4.79 Å². The summed E-state index contributed by atoms with van der Waals surface area (Å²) in [4.78, 5) is 18.4. The van der Waals surface area contributed by atoms with E-state index in [0.717, 1.165) is 28.6 Å². The number of benzene rings is 1. The molecule has 27 heavy (non-hydrogen) atoms. The van der Waals surface area contributed by atoms with Crippen LogP contribution in [0.2, 0.25) is 5.15 Å². The van der Waals surface area contributed by atoms with Gasteiger partial charge in [0.25, 0.3) is 0 Å². The van der Waals surface area contributed by atoms with Crippen LogP contribution in [0.1, 0.15) is 5.56 Å². The van der Waals surface area contributed by atoms with Gasteiger partial charge in [-0.25, -0.2) is 9.78 Å². The molecule has 3 aromatic rings. The minimum absolute atomic E-state index is 0.186. The van der Waals surface area contributed by atoms with Crippen molar-refractivity contribution in [2.24, 2.45) is 0 Å². The summed E-state index contributed by atoms with van der Waals surface area (Å²) in [5.41, 5.74) is 2.15. The smallest absolute Gasteiger partial charge is 0.314 e. The lowest BCUT2D eigenvalue weighted by Crippen LogP contribution is -2.33. The minimum Gasteiger partial charge on any atom is -0.490 e. The lowest BCUT2D eigenvalue weighted by atomic mass is 10.1. The molecule has 8 heteroatoms. The second kappa shape index (κ2) is 9.14. The van der Waals surface area contributed by atoms with Gasteiger partial charge in [0.15, 0.2) is 0 Å². The Kier molecular flexibility index (Phi) is 6.38. The Morgan fingerprint density at radius 2 is 1.96 bits per heavy atom. The van der Waals surface area contributed by atoms with Crippen molar-refractivity contribution in [3.8, 4) is 11.5 Å². The number of urea groups is 1. The van der Waals surface area contributed by atoms with Gasteiger partial charge in [-0.3, -0.25) is 0 Å². The number of aromatic amines is 1. The van der Waals surface area contributed by atoms with E-state index in [1.54, 1.807) is 25.4 Å². The molecule has 0 unspecified atom stereocenters. The van der Waals surface area contributed by atoms with E-state index in [1.165, 1.54) is 0 Å². The van der Waals surface area contributed by atoms with E-state index >= 15 is 0 Å². The van der Waals surface area contributed by atoms with Gasteiger partial charge < -0.3 is 25.1 Å². The highest BCUT2D eigenvalue weighted by atomic mass is 35.5. The molecule has 0 aliphatic rings. The number of pyridine rings is 1. The highest BCUT2D eigenvalue weighted by Gasteiger charge is 2.06. The summed E-state index contributed by atoms with van der Waals surface area (Å²) >= 11 is 5.82. The minimum atomic E-state index is -0.186. The van der Waals surface area contributed by atoms with Crippen LogP contribution < -0.4 is 20.1 Å². The first-order chi connectivity index (χ1) is 13.2. The fraction of sp³-hybridized carbons (Fsp3) is 0.263. The van der Waals surface area contributed by atoms with Crippen molar-refractivity contribution in [2.45, 2.75) is 6.42 Å². The Morgan fingerprint density at radius 3 is 2.70 bits per heavy atom. The van der Waals surface area contributed by atoms with Crippen molar-refractivity contribution in [3.63, 3.8) is 0 Å². The molecule has 0 aliphatic heterocycles. The van der Waals surface area contributed by atoms with Crippen LogP contribution in [0.4, 0.5) is 4.79 Å². The third-order valence-corrected chi connectivity index (χ3v) is 4.17. The maximum atomic E-state index is 11.3. The van der Waals surface area contributed by atoms with E-state index in [2.05, 4.69) is 20.6 Å². The molecular weight excluding hydrogens is 368 g/mol. The molecule has 0 spiro atoms. The molecule has 1 aromatic carbocycles. The Labute approximate surface area is 162 Å². The van der Waals surface area contributed by atoms with Crippen molar-refractivity contribution in [1.29, 1.82) is 0 Å². The zero-order valence-corrected chi connectivity index (χ0v) is 15.7. The van der Waals surface area contributed by atoms with Crippen molar-refractivity contribution in [1.82, 2.24) is 20.6 Å². The largest absolute Gasteiger partial charge is 0.490 e. The zero-order valence-electron chi connectivity index (χ0n) is 14.9. The number of carbonyl (C=O) groups excluding carboxylic acids is 1. The molecule has 2 heterocycles. The van der Waals surface area contributed by atoms with Gasteiger partial charge in [0.2, 0.25) is 0 Å². The number of halogens is 1. The van der Waals surface area contributed by atoms with Gasteiger partial charge in [0, 0.05) is 43.0 Å². The van der Waals surface area contributed by atoms with Crippen LogP contribution in [-0.4, -0.2) is 42.8 Å². The second-order valence-electron chi connectivity index (χ2n) is 5.79. The number of hydrogen-bond donors (Lipinski definition) is 3. The molecule has 3 rings (SSSR count). The number of carbonyl (C=O) groups is 1.